The SMILES string of the molecule is O=C1CCN(C2CCCC2(F)F)C1=O. The highest BCUT2D eigenvalue weighted by Crippen LogP contribution is 2.39. The highest BCUT2D eigenvalue weighted by atomic mass is 19.3. The van der Waals surface area contributed by atoms with Crippen molar-refractivity contribution in [3.05, 3.63) is 0 Å². The Hall–Kier alpha value is -1.00. The highest BCUT2D eigenvalue weighted by molar-refractivity contribution is 6.37. The van der Waals surface area contributed by atoms with Gasteiger partial charge in [-0.25, -0.2) is 8.78 Å². The maximum Gasteiger partial charge on any atom is 0.290 e. The Kier molecular flexibility index (Phi) is 2.05. The van der Waals surface area contributed by atoms with Crippen LogP contribution in [0.15, 0.2) is 0 Å². The molecule has 0 radical (unpaired) electrons. The van der Waals surface area contributed by atoms with Crippen LogP contribution >= 0.6 is 0 Å². The van der Waals surface area contributed by atoms with Gasteiger partial charge in [-0.05, 0) is 12.8 Å². The molecule has 0 aromatic rings. The van der Waals surface area contributed by atoms with E-state index in [4.69, 9.17) is 0 Å². The molecule has 0 aromatic heterocycles. The topological polar surface area (TPSA) is 37.4 Å². The number of nitrogens with zero attached hydrogens (tertiary/aromatic N) is 1. The van der Waals surface area contributed by atoms with Crippen LogP contribution in [-0.2, 0) is 9.59 Å². The highest BCUT2D eigenvalue weighted by Gasteiger charge is 2.50. The second-order valence-corrected chi connectivity index (χ2v) is 3.84. The van der Waals surface area contributed by atoms with E-state index in [9.17, 15) is 18.4 Å². The number of alkyl halides is 2. The first-order valence-electron chi connectivity index (χ1n) is 4.74. The molecule has 1 atom stereocenters. The third-order valence-corrected chi connectivity index (χ3v) is 2.93. The van der Waals surface area contributed by atoms with Gasteiger partial charge >= 0.3 is 0 Å². The molecule has 0 aromatic carbocycles. The van der Waals surface area contributed by atoms with Gasteiger partial charge in [0, 0.05) is 19.4 Å². The largest absolute Gasteiger partial charge is 0.327 e. The Morgan fingerprint density at radius 3 is 2.50 bits per heavy atom. The minimum Gasteiger partial charge on any atom is -0.327 e. The molecule has 1 aliphatic carbocycles. The lowest BCUT2D eigenvalue weighted by atomic mass is 10.2. The number of hydrogen-bond acceptors (Lipinski definition) is 2. The van der Waals surface area contributed by atoms with Gasteiger partial charge in [-0.1, -0.05) is 0 Å². The Bertz CT molecular complexity index is 291. The molecule has 1 saturated carbocycles. The van der Waals surface area contributed by atoms with Crippen molar-refractivity contribution in [2.75, 3.05) is 6.54 Å². The molecule has 78 valence electrons. The van der Waals surface area contributed by atoms with Crippen molar-refractivity contribution in [1.29, 1.82) is 0 Å². The first-order chi connectivity index (χ1) is 6.52. The standard InChI is InChI=1S/C9H11F2NO2/c10-9(11)4-1-2-7(9)12-5-3-6(13)8(12)14/h7H,1-5H2. The number of halogens is 2. The number of rotatable bonds is 1. The molecule has 0 bridgehead atoms. The summed E-state index contributed by atoms with van der Waals surface area (Å²) in [5.41, 5.74) is 0. The number of amides is 1. The normalized spacial score (nSPS) is 31.6. The van der Waals surface area contributed by atoms with E-state index in [-0.39, 0.29) is 19.4 Å². The summed E-state index contributed by atoms with van der Waals surface area (Å²) < 4.78 is 26.5. The van der Waals surface area contributed by atoms with E-state index < -0.39 is 23.7 Å². The Morgan fingerprint density at radius 2 is 2.07 bits per heavy atom. The van der Waals surface area contributed by atoms with Gasteiger partial charge in [0.2, 0.25) is 5.78 Å². The van der Waals surface area contributed by atoms with Crippen molar-refractivity contribution < 1.29 is 18.4 Å². The fourth-order valence-corrected chi connectivity index (χ4v) is 2.18. The van der Waals surface area contributed by atoms with Gasteiger partial charge < -0.3 is 4.90 Å². The minimum atomic E-state index is -2.81. The molecule has 5 heteroatoms. The minimum absolute atomic E-state index is 0.0887. The van der Waals surface area contributed by atoms with Gasteiger partial charge in [0.1, 0.15) is 0 Å². The van der Waals surface area contributed by atoms with Crippen molar-refractivity contribution in [3.8, 4) is 0 Å². The van der Waals surface area contributed by atoms with Crippen LogP contribution in [0, 0.1) is 0 Å². The second kappa shape index (κ2) is 3.00. The van der Waals surface area contributed by atoms with Crippen LogP contribution in [-0.4, -0.2) is 35.1 Å². The molecular weight excluding hydrogens is 192 g/mol. The average molecular weight is 203 g/mol. The van der Waals surface area contributed by atoms with E-state index in [1.165, 1.54) is 0 Å². The smallest absolute Gasteiger partial charge is 0.290 e. The Balaban J connectivity index is 2.16. The van der Waals surface area contributed by atoms with Crippen LogP contribution in [0.4, 0.5) is 8.78 Å². The lowest BCUT2D eigenvalue weighted by molar-refractivity contribution is -0.145. The number of carbonyl (C=O) groups is 2. The predicted molar refractivity (Wildman–Crippen MR) is 43.9 cm³/mol. The zero-order valence-electron chi connectivity index (χ0n) is 7.63. The summed E-state index contributed by atoms with van der Waals surface area (Å²) >= 11 is 0. The quantitative estimate of drug-likeness (QED) is 0.595. The predicted octanol–water partition coefficient (Wildman–Crippen LogP) is 0.976. The molecular formula is C9H11F2NO2. The lowest BCUT2D eigenvalue weighted by Crippen LogP contribution is -2.45. The molecule has 1 aliphatic heterocycles. The fraction of sp³-hybridized carbons (Fsp3) is 0.778. The van der Waals surface area contributed by atoms with Crippen LogP contribution < -0.4 is 0 Å². The zero-order valence-corrected chi connectivity index (χ0v) is 7.63. The molecule has 1 amide bonds. The number of Topliss-reactive ketones (excluding diaryl/α,β-unsaturated/α-hetero) is 1. The van der Waals surface area contributed by atoms with Gasteiger partial charge in [0.05, 0.1) is 6.04 Å². The van der Waals surface area contributed by atoms with E-state index in [1.807, 2.05) is 0 Å². The van der Waals surface area contributed by atoms with Crippen LogP contribution in [0.1, 0.15) is 25.7 Å². The molecule has 14 heavy (non-hydrogen) atoms. The summed E-state index contributed by atoms with van der Waals surface area (Å²) in [5.74, 6) is -4.07. The van der Waals surface area contributed by atoms with Gasteiger partial charge in [-0.15, -0.1) is 0 Å². The summed E-state index contributed by atoms with van der Waals surface area (Å²) in [4.78, 5) is 23.2. The maximum absolute atomic E-state index is 13.3. The van der Waals surface area contributed by atoms with Gasteiger partial charge in [0.15, 0.2) is 0 Å². The molecule has 1 unspecified atom stereocenters. The maximum atomic E-state index is 13.3. The van der Waals surface area contributed by atoms with E-state index in [1.54, 1.807) is 0 Å². The summed E-state index contributed by atoms with van der Waals surface area (Å²) in [6, 6.07) is -1.04. The van der Waals surface area contributed by atoms with Gasteiger partial charge in [-0.3, -0.25) is 9.59 Å². The Labute approximate surface area is 80.1 Å². The van der Waals surface area contributed by atoms with Crippen molar-refractivity contribution in [2.24, 2.45) is 0 Å². The van der Waals surface area contributed by atoms with Crippen molar-refractivity contribution in [2.45, 2.75) is 37.6 Å². The molecule has 2 aliphatic rings. The monoisotopic (exact) mass is 203 g/mol. The number of likely N-dealkylation sites (tertiary alicyclic amines) is 1. The van der Waals surface area contributed by atoms with Crippen LogP contribution in [0.25, 0.3) is 0 Å². The molecule has 1 saturated heterocycles. The summed E-state index contributed by atoms with van der Waals surface area (Å²) in [5, 5.41) is 0. The van der Waals surface area contributed by atoms with Crippen molar-refractivity contribution >= 4 is 11.7 Å². The molecule has 2 fully saturated rings. The molecule has 3 nitrogen and oxygen atoms in total. The number of carbonyl (C=O) groups excluding carboxylic acids is 2. The lowest BCUT2D eigenvalue weighted by Gasteiger charge is -2.28. The summed E-state index contributed by atoms with van der Waals surface area (Å²) in [7, 11) is 0. The first-order valence-corrected chi connectivity index (χ1v) is 4.74. The molecule has 0 N–H and O–H groups in total. The van der Waals surface area contributed by atoms with Crippen LogP contribution in [0.5, 0.6) is 0 Å². The third-order valence-electron chi connectivity index (χ3n) is 2.93. The van der Waals surface area contributed by atoms with E-state index in [2.05, 4.69) is 0 Å². The summed E-state index contributed by atoms with van der Waals surface area (Å²) in [6.45, 7) is 0.165. The van der Waals surface area contributed by atoms with Crippen LogP contribution in [0.3, 0.4) is 0 Å². The number of ketones is 1. The van der Waals surface area contributed by atoms with Gasteiger partial charge in [0.25, 0.3) is 11.8 Å². The van der Waals surface area contributed by atoms with Crippen molar-refractivity contribution in [3.63, 3.8) is 0 Å². The van der Waals surface area contributed by atoms with E-state index >= 15 is 0 Å². The first kappa shape index (κ1) is 9.55. The zero-order chi connectivity index (χ0) is 10.3. The van der Waals surface area contributed by atoms with E-state index in [0.29, 0.717) is 12.8 Å². The molecule has 2 rings (SSSR count). The van der Waals surface area contributed by atoms with E-state index in [0.717, 1.165) is 4.90 Å². The van der Waals surface area contributed by atoms with Crippen LogP contribution in [0.2, 0.25) is 0 Å². The number of hydrogen-bond donors (Lipinski definition) is 0. The Morgan fingerprint density at radius 1 is 1.36 bits per heavy atom. The third kappa shape index (κ3) is 1.31. The molecule has 0 spiro atoms. The summed E-state index contributed by atoms with van der Waals surface area (Å²) in [6.07, 6.45) is 0.655. The van der Waals surface area contributed by atoms with Gasteiger partial charge in [-0.2, -0.15) is 0 Å². The average Bonchev–Trinajstić information content (AvgIpc) is 2.59. The van der Waals surface area contributed by atoms with Crippen molar-refractivity contribution in [1.82, 2.24) is 4.90 Å². The fourth-order valence-electron chi connectivity index (χ4n) is 2.18. The second-order valence-electron chi connectivity index (χ2n) is 3.84. The molecule has 1 heterocycles.